The van der Waals surface area contributed by atoms with Crippen LogP contribution >= 0.6 is 22.9 Å². The number of carbonyl (C=O) groups excluding carboxylic acids is 1. The Morgan fingerprint density at radius 2 is 1.89 bits per heavy atom. The van der Waals surface area contributed by atoms with Gasteiger partial charge in [-0.15, -0.1) is 0 Å². The number of aromatic nitrogens is 1. The molecule has 4 rings (SSSR count). The van der Waals surface area contributed by atoms with Gasteiger partial charge in [-0.05, 0) is 17.7 Å². The SMILES string of the molecule is COc1ccc(Cl)c2sc(N3CCN(C(=O)Cc4ccccc4)CC3)nc12. The number of rotatable bonds is 4. The van der Waals surface area contributed by atoms with Crippen LogP contribution in [-0.2, 0) is 11.2 Å². The number of thiazole rings is 1. The number of piperazine rings is 1. The van der Waals surface area contributed by atoms with E-state index in [2.05, 4.69) is 4.90 Å². The molecular weight excluding hydrogens is 382 g/mol. The first kappa shape index (κ1) is 18.1. The molecule has 140 valence electrons. The lowest BCUT2D eigenvalue weighted by molar-refractivity contribution is -0.130. The van der Waals surface area contributed by atoms with Gasteiger partial charge < -0.3 is 14.5 Å². The van der Waals surface area contributed by atoms with Crippen LogP contribution < -0.4 is 9.64 Å². The van der Waals surface area contributed by atoms with E-state index in [-0.39, 0.29) is 5.91 Å². The number of hydrogen-bond acceptors (Lipinski definition) is 5. The second-order valence-electron chi connectivity index (χ2n) is 6.45. The van der Waals surface area contributed by atoms with Crippen molar-refractivity contribution < 1.29 is 9.53 Å². The fourth-order valence-electron chi connectivity index (χ4n) is 3.27. The Morgan fingerprint density at radius 3 is 2.59 bits per heavy atom. The molecule has 0 aliphatic carbocycles. The summed E-state index contributed by atoms with van der Waals surface area (Å²) in [5, 5.41) is 1.61. The summed E-state index contributed by atoms with van der Waals surface area (Å²) in [6, 6.07) is 13.6. The average Bonchev–Trinajstić information content (AvgIpc) is 3.16. The van der Waals surface area contributed by atoms with E-state index in [1.807, 2.05) is 47.4 Å². The molecule has 1 saturated heterocycles. The van der Waals surface area contributed by atoms with Crippen molar-refractivity contribution in [2.24, 2.45) is 0 Å². The minimum atomic E-state index is 0.176. The average molecular weight is 402 g/mol. The quantitative estimate of drug-likeness (QED) is 0.666. The van der Waals surface area contributed by atoms with Crippen LogP contribution in [0.4, 0.5) is 5.13 Å². The zero-order valence-electron chi connectivity index (χ0n) is 15.0. The van der Waals surface area contributed by atoms with Gasteiger partial charge in [-0.25, -0.2) is 4.98 Å². The highest BCUT2D eigenvalue weighted by Gasteiger charge is 2.24. The standard InChI is InChI=1S/C20H20ClN3O2S/c1-26-16-8-7-15(21)19-18(16)22-20(27-19)24-11-9-23(10-12-24)17(25)13-14-5-3-2-4-6-14/h2-8H,9-13H2,1H3. The largest absolute Gasteiger partial charge is 0.494 e. The van der Waals surface area contributed by atoms with Crippen molar-refractivity contribution in [1.82, 2.24) is 9.88 Å². The van der Waals surface area contributed by atoms with E-state index in [4.69, 9.17) is 21.3 Å². The van der Waals surface area contributed by atoms with Gasteiger partial charge >= 0.3 is 0 Å². The Balaban J connectivity index is 1.44. The Bertz CT molecular complexity index is 953. The van der Waals surface area contributed by atoms with E-state index in [0.29, 0.717) is 24.5 Å². The molecule has 5 nitrogen and oxygen atoms in total. The van der Waals surface area contributed by atoms with Gasteiger partial charge in [0.05, 0.1) is 23.3 Å². The lowest BCUT2D eigenvalue weighted by Gasteiger charge is -2.34. The van der Waals surface area contributed by atoms with E-state index in [1.165, 1.54) is 0 Å². The van der Waals surface area contributed by atoms with Crippen LogP contribution in [0, 0.1) is 0 Å². The number of hydrogen-bond donors (Lipinski definition) is 0. The minimum Gasteiger partial charge on any atom is -0.494 e. The highest BCUT2D eigenvalue weighted by atomic mass is 35.5. The van der Waals surface area contributed by atoms with Crippen molar-refractivity contribution in [2.45, 2.75) is 6.42 Å². The van der Waals surface area contributed by atoms with Gasteiger partial charge in [-0.3, -0.25) is 4.79 Å². The van der Waals surface area contributed by atoms with E-state index < -0.39 is 0 Å². The molecule has 0 N–H and O–H groups in total. The van der Waals surface area contributed by atoms with E-state index in [9.17, 15) is 4.79 Å². The zero-order valence-corrected chi connectivity index (χ0v) is 16.6. The summed E-state index contributed by atoms with van der Waals surface area (Å²) in [6.07, 6.45) is 0.453. The van der Waals surface area contributed by atoms with Gasteiger partial charge in [0.25, 0.3) is 0 Å². The number of halogens is 1. The Labute approximate surface area is 167 Å². The fourth-order valence-corrected chi connectivity index (χ4v) is 4.58. The molecule has 0 spiro atoms. The van der Waals surface area contributed by atoms with E-state index in [1.54, 1.807) is 18.4 Å². The number of anilines is 1. The normalized spacial score (nSPS) is 14.6. The molecule has 0 radical (unpaired) electrons. The van der Waals surface area contributed by atoms with Crippen LogP contribution in [0.15, 0.2) is 42.5 Å². The molecule has 0 unspecified atom stereocenters. The van der Waals surface area contributed by atoms with Gasteiger partial charge in [0.15, 0.2) is 5.13 Å². The summed E-state index contributed by atoms with van der Waals surface area (Å²) in [5.74, 6) is 0.906. The van der Waals surface area contributed by atoms with Gasteiger partial charge in [-0.1, -0.05) is 53.3 Å². The predicted octanol–water partition coefficient (Wildman–Crippen LogP) is 3.85. The highest BCUT2D eigenvalue weighted by molar-refractivity contribution is 7.22. The first-order valence-electron chi connectivity index (χ1n) is 8.85. The highest BCUT2D eigenvalue weighted by Crippen LogP contribution is 2.38. The maximum absolute atomic E-state index is 12.5. The van der Waals surface area contributed by atoms with Crippen molar-refractivity contribution in [3.63, 3.8) is 0 Å². The molecule has 3 aromatic rings. The molecular formula is C20H20ClN3O2S. The lowest BCUT2D eigenvalue weighted by Crippen LogP contribution is -2.49. The molecule has 0 bridgehead atoms. The third-order valence-electron chi connectivity index (χ3n) is 4.77. The molecule has 7 heteroatoms. The number of carbonyl (C=O) groups is 1. The molecule has 1 aliphatic rings. The molecule has 0 atom stereocenters. The molecule has 27 heavy (non-hydrogen) atoms. The van der Waals surface area contributed by atoms with Crippen LogP contribution in [0.3, 0.4) is 0 Å². The number of benzene rings is 2. The second-order valence-corrected chi connectivity index (χ2v) is 7.84. The van der Waals surface area contributed by atoms with Crippen molar-refractivity contribution in [2.75, 3.05) is 38.2 Å². The number of ether oxygens (including phenoxy) is 1. The Morgan fingerprint density at radius 1 is 1.15 bits per heavy atom. The molecule has 1 aromatic heterocycles. The topological polar surface area (TPSA) is 45.7 Å². The Kier molecular flexibility index (Phi) is 5.18. The summed E-state index contributed by atoms with van der Waals surface area (Å²) in [6.45, 7) is 2.93. The minimum absolute atomic E-state index is 0.176. The summed E-state index contributed by atoms with van der Waals surface area (Å²) in [4.78, 5) is 21.4. The van der Waals surface area contributed by atoms with Crippen LogP contribution in [0.2, 0.25) is 5.02 Å². The second kappa shape index (κ2) is 7.74. The van der Waals surface area contributed by atoms with Crippen molar-refractivity contribution >= 4 is 44.2 Å². The van der Waals surface area contributed by atoms with Crippen LogP contribution in [0.5, 0.6) is 5.75 Å². The third-order valence-corrected chi connectivity index (χ3v) is 6.34. The van der Waals surface area contributed by atoms with Crippen molar-refractivity contribution in [3.05, 3.63) is 53.1 Å². The maximum atomic E-state index is 12.5. The first-order valence-corrected chi connectivity index (χ1v) is 10.0. The molecule has 2 aromatic carbocycles. The summed E-state index contributed by atoms with van der Waals surface area (Å²) in [7, 11) is 1.64. The third kappa shape index (κ3) is 3.73. The zero-order chi connectivity index (χ0) is 18.8. The first-order chi connectivity index (χ1) is 13.2. The molecule has 0 saturated carbocycles. The van der Waals surface area contributed by atoms with E-state index >= 15 is 0 Å². The molecule has 1 aliphatic heterocycles. The summed E-state index contributed by atoms with van der Waals surface area (Å²) >= 11 is 7.90. The molecule has 2 heterocycles. The van der Waals surface area contributed by atoms with Crippen LogP contribution in [0.25, 0.3) is 10.2 Å². The van der Waals surface area contributed by atoms with Crippen LogP contribution in [0.1, 0.15) is 5.56 Å². The van der Waals surface area contributed by atoms with Crippen LogP contribution in [-0.4, -0.2) is 49.1 Å². The van der Waals surface area contributed by atoms with E-state index in [0.717, 1.165) is 39.8 Å². The molecule has 1 amide bonds. The number of fused-ring (bicyclic) bond motifs is 1. The fraction of sp³-hybridized carbons (Fsp3) is 0.300. The lowest BCUT2D eigenvalue weighted by atomic mass is 10.1. The number of methoxy groups -OCH3 is 1. The maximum Gasteiger partial charge on any atom is 0.227 e. The van der Waals surface area contributed by atoms with Gasteiger partial charge in [0.1, 0.15) is 11.3 Å². The monoisotopic (exact) mass is 401 g/mol. The number of nitrogens with zero attached hydrogens (tertiary/aromatic N) is 3. The number of amides is 1. The molecule has 1 fully saturated rings. The van der Waals surface area contributed by atoms with Gasteiger partial charge in [0.2, 0.25) is 5.91 Å². The predicted molar refractivity (Wildman–Crippen MR) is 110 cm³/mol. The van der Waals surface area contributed by atoms with Crippen molar-refractivity contribution in [1.29, 1.82) is 0 Å². The summed E-state index contributed by atoms with van der Waals surface area (Å²) in [5.41, 5.74) is 1.85. The Hall–Kier alpha value is -2.31. The van der Waals surface area contributed by atoms with Gasteiger partial charge in [0, 0.05) is 26.2 Å². The summed E-state index contributed by atoms with van der Waals surface area (Å²) < 4.78 is 6.34. The van der Waals surface area contributed by atoms with Crippen molar-refractivity contribution in [3.8, 4) is 5.75 Å². The smallest absolute Gasteiger partial charge is 0.227 e. The van der Waals surface area contributed by atoms with Gasteiger partial charge in [-0.2, -0.15) is 0 Å².